The Morgan fingerprint density at radius 1 is 0.957 bits per heavy atom. The summed E-state index contributed by atoms with van der Waals surface area (Å²) in [6.07, 6.45) is 3.26. The first-order valence-corrected chi connectivity index (χ1v) is 7.46. The molecule has 0 aliphatic carbocycles. The van der Waals surface area contributed by atoms with Crippen molar-refractivity contribution in [2.45, 2.75) is 13.0 Å². The number of hydrogen-bond acceptors (Lipinski definition) is 3. The summed E-state index contributed by atoms with van der Waals surface area (Å²) < 4.78 is 6.19. The Morgan fingerprint density at radius 3 is 2.43 bits per heavy atom. The molecule has 2 aromatic carbocycles. The van der Waals surface area contributed by atoms with E-state index in [-0.39, 0.29) is 11.9 Å². The van der Waals surface area contributed by atoms with Crippen molar-refractivity contribution in [3.05, 3.63) is 95.8 Å². The summed E-state index contributed by atoms with van der Waals surface area (Å²) in [4.78, 5) is 15.7. The molecular formula is C20H17NO2. The van der Waals surface area contributed by atoms with Crippen LogP contribution in [0.4, 0.5) is 0 Å². The third-order valence-electron chi connectivity index (χ3n) is 3.58. The molecule has 1 unspecified atom stereocenters. The molecule has 1 aromatic heterocycles. The van der Waals surface area contributed by atoms with E-state index in [1.807, 2.05) is 54.6 Å². The first-order valence-electron chi connectivity index (χ1n) is 7.46. The fourth-order valence-electron chi connectivity index (χ4n) is 2.41. The molecule has 0 bridgehead atoms. The number of rotatable bonds is 5. The molecule has 114 valence electrons. The van der Waals surface area contributed by atoms with E-state index in [1.54, 1.807) is 31.5 Å². The Kier molecular flexibility index (Phi) is 4.48. The van der Waals surface area contributed by atoms with Gasteiger partial charge in [-0.15, -0.1) is 0 Å². The van der Waals surface area contributed by atoms with Crippen LogP contribution in [0.15, 0.2) is 79.1 Å². The zero-order chi connectivity index (χ0) is 16.1. The predicted octanol–water partition coefficient (Wildman–Crippen LogP) is 4.45. The van der Waals surface area contributed by atoms with Gasteiger partial charge in [0.15, 0.2) is 11.9 Å². The fraction of sp³-hybridized carbons (Fsp3) is 0.100. The number of benzene rings is 2. The van der Waals surface area contributed by atoms with Crippen molar-refractivity contribution >= 4 is 5.78 Å². The highest BCUT2D eigenvalue weighted by Gasteiger charge is 2.16. The predicted molar refractivity (Wildman–Crippen MR) is 89.6 cm³/mol. The third kappa shape index (κ3) is 3.64. The van der Waals surface area contributed by atoms with Crippen LogP contribution < -0.4 is 4.74 Å². The van der Waals surface area contributed by atoms with E-state index < -0.39 is 0 Å². The summed E-state index contributed by atoms with van der Waals surface area (Å²) in [7, 11) is 0. The SMILES string of the molecule is CC(=O)c1cccc(OC(c2ccccc2)c2cccnc2)c1. The minimum atomic E-state index is -0.271. The van der Waals surface area contributed by atoms with Gasteiger partial charge in [0.05, 0.1) is 0 Å². The average Bonchev–Trinajstić information content (AvgIpc) is 2.61. The van der Waals surface area contributed by atoms with Gasteiger partial charge in [-0.2, -0.15) is 0 Å². The van der Waals surface area contributed by atoms with Crippen molar-refractivity contribution in [3.63, 3.8) is 0 Å². The van der Waals surface area contributed by atoms with Gasteiger partial charge in [-0.1, -0.05) is 48.5 Å². The number of pyridine rings is 1. The maximum absolute atomic E-state index is 11.6. The number of hydrogen-bond donors (Lipinski definition) is 0. The van der Waals surface area contributed by atoms with Crippen LogP contribution >= 0.6 is 0 Å². The molecule has 0 saturated heterocycles. The lowest BCUT2D eigenvalue weighted by Gasteiger charge is -2.20. The van der Waals surface area contributed by atoms with Crippen molar-refractivity contribution in [1.29, 1.82) is 0 Å². The van der Waals surface area contributed by atoms with E-state index in [0.717, 1.165) is 11.1 Å². The number of ketones is 1. The summed E-state index contributed by atoms with van der Waals surface area (Å²) in [5.41, 5.74) is 2.64. The summed E-state index contributed by atoms with van der Waals surface area (Å²) >= 11 is 0. The van der Waals surface area contributed by atoms with E-state index in [1.165, 1.54) is 0 Å². The van der Waals surface area contributed by atoms with Gasteiger partial charge in [0, 0.05) is 23.5 Å². The number of carbonyl (C=O) groups is 1. The normalized spacial score (nSPS) is 11.7. The highest BCUT2D eigenvalue weighted by Crippen LogP contribution is 2.28. The smallest absolute Gasteiger partial charge is 0.159 e. The highest BCUT2D eigenvalue weighted by atomic mass is 16.5. The highest BCUT2D eigenvalue weighted by molar-refractivity contribution is 5.94. The van der Waals surface area contributed by atoms with Crippen LogP contribution in [0, 0.1) is 0 Å². The lowest BCUT2D eigenvalue weighted by molar-refractivity contribution is 0.101. The summed E-state index contributed by atoms with van der Waals surface area (Å²) in [6, 6.07) is 21.1. The number of Topliss-reactive ketones (excluding diaryl/α,β-unsaturated/α-hetero) is 1. The van der Waals surface area contributed by atoms with Gasteiger partial charge in [0.1, 0.15) is 5.75 Å². The zero-order valence-electron chi connectivity index (χ0n) is 12.8. The van der Waals surface area contributed by atoms with E-state index in [9.17, 15) is 4.79 Å². The monoisotopic (exact) mass is 303 g/mol. The second-order valence-corrected chi connectivity index (χ2v) is 5.28. The molecular weight excluding hydrogens is 286 g/mol. The minimum absolute atomic E-state index is 0.0214. The topological polar surface area (TPSA) is 39.2 Å². The maximum atomic E-state index is 11.6. The molecule has 0 radical (unpaired) electrons. The Labute approximate surface area is 135 Å². The van der Waals surface area contributed by atoms with Gasteiger partial charge in [0.25, 0.3) is 0 Å². The Bertz CT molecular complexity index is 746. The summed E-state index contributed by atoms with van der Waals surface area (Å²) in [5, 5.41) is 0. The molecule has 23 heavy (non-hydrogen) atoms. The number of ether oxygens (including phenoxy) is 1. The molecule has 0 amide bonds. The van der Waals surface area contributed by atoms with Crippen molar-refractivity contribution in [1.82, 2.24) is 4.98 Å². The van der Waals surface area contributed by atoms with Gasteiger partial charge >= 0.3 is 0 Å². The molecule has 3 aromatic rings. The second kappa shape index (κ2) is 6.88. The minimum Gasteiger partial charge on any atom is -0.481 e. The van der Waals surface area contributed by atoms with Crippen LogP contribution in [-0.4, -0.2) is 10.8 Å². The zero-order valence-corrected chi connectivity index (χ0v) is 12.8. The summed E-state index contributed by atoms with van der Waals surface area (Å²) in [5.74, 6) is 0.684. The van der Waals surface area contributed by atoms with Crippen molar-refractivity contribution < 1.29 is 9.53 Å². The lowest BCUT2D eigenvalue weighted by atomic mass is 10.0. The van der Waals surface area contributed by atoms with Crippen LogP contribution in [0.25, 0.3) is 0 Å². The van der Waals surface area contributed by atoms with Crippen molar-refractivity contribution in [2.24, 2.45) is 0 Å². The van der Waals surface area contributed by atoms with E-state index in [4.69, 9.17) is 4.74 Å². The molecule has 3 rings (SSSR count). The Hall–Kier alpha value is -2.94. The Balaban J connectivity index is 1.97. The maximum Gasteiger partial charge on any atom is 0.159 e. The number of carbonyl (C=O) groups excluding carboxylic acids is 1. The molecule has 1 heterocycles. The van der Waals surface area contributed by atoms with Crippen LogP contribution in [-0.2, 0) is 0 Å². The standard InChI is InChI=1S/C20H17NO2/c1-15(22)17-9-5-11-19(13-17)23-20(16-7-3-2-4-8-16)18-10-6-12-21-14-18/h2-14,20H,1H3. The lowest BCUT2D eigenvalue weighted by Crippen LogP contribution is -2.10. The van der Waals surface area contributed by atoms with Crippen LogP contribution in [0.5, 0.6) is 5.75 Å². The number of aromatic nitrogens is 1. The summed E-state index contributed by atoms with van der Waals surface area (Å²) in [6.45, 7) is 1.55. The molecule has 1 atom stereocenters. The largest absolute Gasteiger partial charge is 0.481 e. The third-order valence-corrected chi connectivity index (χ3v) is 3.58. The molecule has 3 nitrogen and oxygen atoms in total. The molecule has 3 heteroatoms. The van der Waals surface area contributed by atoms with Crippen LogP contribution in [0.1, 0.15) is 34.5 Å². The van der Waals surface area contributed by atoms with Gasteiger partial charge in [0.2, 0.25) is 0 Å². The van der Waals surface area contributed by atoms with Crippen LogP contribution in [0.3, 0.4) is 0 Å². The second-order valence-electron chi connectivity index (χ2n) is 5.28. The molecule has 0 spiro atoms. The van der Waals surface area contributed by atoms with E-state index in [2.05, 4.69) is 4.98 Å². The van der Waals surface area contributed by atoms with Gasteiger partial charge < -0.3 is 4.74 Å². The van der Waals surface area contributed by atoms with E-state index in [0.29, 0.717) is 11.3 Å². The first kappa shape index (κ1) is 15.0. The average molecular weight is 303 g/mol. The number of nitrogens with zero attached hydrogens (tertiary/aromatic N) is 1. The van der Waals surface area contributed by atoms with Crippen molar-refractivity contribution in [3.8, 4) is 5.75 Å². The van der Waals surface area contributed by atoms with Gasteiger partial charge in [-0.05, 0) is 30.7 Å². The van der Waals surface area contributed by atoms with Crippen molar-refractivity contribution in [2.75, 3.05) is 0 Å². The van der Waals surface area contributed by atoms with Gasteiger partial charge in [-0.3, -0.25) is 9.78 Å². The fourth-order valence-corrected chi connectivity index (χ4v) is 2.41. The molecule has 0 fully saturated rings. The Morgan fingerprint density at radius 2 is 1.74 bits per heavy atom. The quantitative estimate of drug-likeness (QED) is 0.654. The molecule has 0 saturated carbocycles. The molecule has 0 aliphatic rings. The van der Waals surface area contributed by atoms with Crippen LogP contribution in [0.2, 0.25) is 0 Å². The molecule has 0 N–H and O–H groups in total. The first-order chi connectivity index (χ1) is 11.2. The molecule has 0 aliphatic heterocycles. The van der Waals surface area contributed by atoms with E-state index >= 15 is 0 Å². The van der Waals surface area contributed by atoms with Gasteiger partial charge in [-0.25, -0.2) is 0 Å².